The topological polar surface area (TPSA) is 91.2 Å². The average Bonchev–Trinajstić information content (AvgIpc) is 2.63. The third kappa shape index (κ3) is 4.25. The lowest BCUT2D eigenvalue weighted by Gasteiger charge is -2.33. The van der Waals surface area contributed by atoms with E-state index in [4.69, 9.17) is 4.74 Å². The number of piperazine rings is 1. The van der Waals surface area contributed by atoms with Crippen molar-refractivity contribution < 1.29 is 14.5 Å². The summed E-state index contributed by atoms with van der Waals surface area (Å²) >= 11 is 0. The van der Waals surface area contributed by atoms with E-state index in [1.165, 1.54) is 12.1 Å². The summed E-state index contributed by atoms with van der Waals surface area (Å²) in [5.41, 5.74) is 3.84. The van der Waals surface area contributed by atoms with E-state index in [1.54, 1.807) is 6.07 Å². The van der Waals surface area contributed by atoms with Crippen LogP contribution in [0.3, 0.4) is 0 Å². The van der Waals surface area contributed by atoms with Gasteiger partial charge in [0.05, 0.1) is 29.4 Å². The summed E-state index contributed by atoms with van der Waals surface area (Å²) in [5, 5.41) is 13.0. The molecule has 0 bridgehead atoms. The SMILES string of the molecule is CN1CCN(NC(=O)c2cc([N+](=O)[O-])ccc2N2CCOCC2)CC1. The molecule has 9 heteroatoms. The maximum Gasteiger partial charge on any atom is 0.270 e. The predicted octanol–water partition coefficient (Wildman–Crippen LogP) is 0.324. The monoisotopic (exact) mass is 349 g/mol. The van der Waals surface area contributed by atoms with Crippen LogP contribution in [-0.4, -0.2) is 80.3 Å². The van der Waals surface area contributed by atoms with Crippen molar-refractivity contribution in [2.45, 2.75) is 0 Å². The molecule has 0 aromatic heterocycles. The second-order valence-electron chi connectivity index (χ2n) is 6.29. The van der Waals surface area contributed by atoms with Gasteiger partial charge in [0, 0.05) is 51.4 Å². The van der Waals surface area contributed by atoms with Gasteiger partial charge in [-0.05, 0) is 13.1 Å². The average molecular weight is 349 g/mol. The molecule has 136 valence electrons. The molecule has 2 aliphatic rings. The molecule has 0 saturated carbocycles. The molecule has 3 rings (SSSR count). The van der Waals surface area contributed by atoms with Crippen molar-refractivity contribution in [2.24, 2.45) is 0 Å². The highest BCUT2D eigenvalue weighted by atomic mass is 16.6. The number of carbonyl (C=O) groups excluding carboxylic acids is 1. The van der Waals surface area contributed by atoms with Crippen LogP contribution in [0, 0.1) is 10.1 Å². The van der Waals surface area contributed by atoms with Gasteiger partial charge in [0.25, 0.3) is 11.6 Å². The minimum absolute atomic E-state index is 0.0828. The largest absolute Gasteiger partial charge is 0.378 e. The zero-order valence-electron chi connectivity index (χ0n) is 14.3. The Hall–Kier alpha value is -2.23. The fourth-order valence-corrected chi connectivity index (χ4v) is 3.02. The van der Waals surface area contributed by atoms with E-state index in [-0.39, 0.29) is 11.6 Å². The third-order valence-electron chi connectivity index (χ3n) is 4.55. The number of anilines is 1. The number of likely N-dealkylation sites (N-methyl/N-ethyl adjacent to an activating group) is 1. The van der Waals surface area contributed by atoms with Gasteiger partial charge in [-0.1, -0.05) is 0 Å². The molecule has 2 aliphatic heterocycles. The van der Waals surface area contributed by atoms with E-state index < -0.39 is 4.92 Å². The predicted molar refractivity (Wildman–Crippen MR) is 92.7 cm³/mol. The van der Waals surface area contributed by atoms with Gasteiger partial charge in [0.1, 0.15) is 0 Å². The van der Waals surface area contributed by atoms with Crippen molar-refractivity contribution in [1.82, 2.24) is 15.3 Å². The Labute approximate surface area is 146 Å². The van der Waals surface area contributed by atoms with Gasteiger partial charge in [0.2, 0.25) is 0 Å². The number of non-ortho nitro benzene ring substituents is 1. The van der Waals surface area contributed by atoms with E-state index >= 15 is 0 Å². The number of hydrazine groups is 1. The molecule has 2 fully saturated rings. The van der Waals surface area contributed by atoms with Gasteiger partial charge in [-0.15, -0.1) is 0 Å². The molecule has 0 atom stereocenters. The van der Waals surface area contributed by atoms with E-state index in [0.29, 0.717) is 37.6 Å². The van der Waals surface area contributed by atoms with Crippen LogP contribution in [0.25, 0.3) is 0 Å². The number of hydrogen-bond donors (Lipinski definition) is 1. The number of benzene rings is 1. The lowest BCUT2D eigenvalue weighted by atomic mass is 10.1. The molecule has 0 aliphatic carbocycles. The molecule has 0 radical (unpaired) electrons. The first-order chi connectivity index (χ1) is 12.0. The number of morpholine rings is 1. The van der Waals surface area contributed by atoms with Crippen LogP contribution in [0.15, 0.2) is 18.2 Å². The first-order valence-electron chi connectivity index (χ1n) is 8.40. The summed E-state index contributed by atoms with van der Waals surface area (Å²) in [6.45, 7) is 5.66. The third-order valence-corrected chi connectivity index (χ3v) is 4.55. The summed E-state index contributed by atoms with van der Waals surface area (Å²) in [5.74, 6) is -0.310. The number of amides is 1. The molecule has 1 amide bonds. The van der Waals surface area contributed by atoms with E-state index in [2.05, 4.69) is 10.3 Å². The highest BCUT2D eigenvalue weighted by Gasteiger charge is 2.24. The summed E-state index contributed by atoms with van der Waals surface area (Å²) < 4.78 is 5.35. The van der Waals surface area contributed by atoms with E-state index in [1.807, 2.05) is 17.0 Å². The summed E-state index contributed by atoms with van der Waals surface area (Å²) in [4.78, 5) is 27.6. The van der Waals surface area contributed by atoms with Gasteiger partial charge in [-0.3, -0.25) is 20.3 Å². The second kappa shape index (κ2) is 7.77. The fourth-order valence-electron chi connectivity index (χ4n) is 3.02. The van der Waals surface area contributed by atoms with E-state index in [0.717, 1.165) is 26.2 Å². The maximum atomic E-state index is 12.8. The Kier molecular flexibility index (Phi) is 5.47. The van der Waals surface area contributed by atoms with Crippen molar-refractivity contribution in [3.63, 3.8) is 0 Å². The summed E-state index contributed by atoms with van der Waals surface area (Å²) in [6.07, 6.45) is 0. The Morgan fingerprint density at radius 2 is 1.84 bits per heavy atom. The first kappa shape index (κ1) is 17.6. The lowest BCUT2D eigenvalue weighted by Crippen LogP contribution is -2.52. The van der Waals surface area contributed by atoms with E-state index in [9.17, 15) is 14.9 Å². The Morgan fingerprint density at radius 3 is 2.48 bits per heavy atom. The number of carbonyl (C=O) groups is 1. The molecular weight excluding hydrogens is 326 g/mol. The molecule has 0 spiro atoms. The van der Waals surface area contributed by atoms with Crippen LogP contribution in [0.4, 0.5) is 11.4 Å². The molecule has 2 heterocycles. The minimum atomic E-state index is -0.476. The van der Waals surface area contributed by atoms with Crippen molar-refractivity contribution in [1.29, 1.82) is 0 Å². The van der Waals surface area contributed by atoms with Crippen LogP contribution >= 0.6 is 0 Å². The highest BCUT2D eigenvalue weighted by molar-refractivity contribution is 6.00. The van der Waals surface area contributed by atoms with Crippen molar-refractivity contribution >= 4 is 17.3 Å². The summed E-state index contributed by atoms with van der Waals surface area (Å²) in [7, 11) is 2.04. The van der Waals surface area contributed by atoms with Gasteiger partial charge < -0.3 is 14.5 Å². The molecular formula is C16H23N5O4. The van der Waals surface area contributed by atoms with Crippen molar-refractivity contribution in [3.05, 3.63) is 33.9 Å². The summed E-state index contributed by atoms with van der Waals surface area (Å²) in [6, 6.07) is 4.45. The van der Waals surface area contributed by atoms with Crippen LogP contribution in [0.2, 0.25) is 0 Å². The number of nitro groups is 1. The molecule has 1 aromatic carbocycles. The molecule has 2 saturated heterocycles. The minimum Gasteiger partial charge on any atom is -0.378 e. The molecule has 9 nitrogen and oxygen atoms in total. The highest BCUT2D eigenvalue weighted by Crippen LogP contribution is 2.26. The number of nitro benzene ring substituents is 1. The Bertz CT molecular complexity index is 639. The van der Waals surface area contributed by atoms with Crippen LogP contribution < -0.4 is 10.3 Å². The fraction of sp³-hybridized carbons (Fsp3) is 0.562. The maximum absolute atomic E-state index is 12.8. The molecule has 0 unspecified atom stereocenters. The molecule has 1 aromatic rings. The number of nitrogens with zero attached hydrogens (tertiary/aromatic N) is 4. The number of ether oxygens (including phenoxy) is 1. The first-order valence-corrected chi connectivity index (χ1v) is 8.40. The normalized spacial score (nSPS) is 19.6. The van der Waals surface area contributed by atoms with Gasteiger partial charge in [-0.25, -0.2) is 5.01 Å². The second-order valence-corrected chi connectivity index (χ2v) is 6.29. The number of nitrogens with one attached hydrogen (secondary N) is 1. The smallest absolute Gasteiger partial charge is 0.270 e. The van der Waals surface area contributed by atoms with Crippen LogP contribution in [0.1, 0.15) is 10.4 Å². The number of rotatable bonds is 4. The van der Waals surface area contributed by atoms with Gasteiger partial charge >= 0.3 is 0 Å². The van der Waals surface area contributed by atoms with Crippen molar-refractivity contribution in [3.8, 4) is 0 Å². The van der Waals surface area contributed by atoms with Gasteiger partial charge in [0.15, 0.2) is 0 Å². The lowest BCUT2D eigenvalue weighted by molar-refractivity contribution is -0.384. The molecule has 1 N–H and O–H groups in total. The Morgan fingerprint density at radius 1 is 1.16 bits per heavy atom. The zero-order valence-corrected chi connectivity index (χ0v) is 14.3. The van der Waals surface area contributed by atoms with Crippen LogP contribution in [0.5, 0.6) is 0 Å². The standard InChI is InChI=1S/C16H23N5O4/c1-18-4-6-20(7-5-18)17-16(22)14-12-13(21(23)24)2-3-15(14)19-8-10-25-11-9-19/h2-3,12H,4-11H2,1H3,(H,17,22). The quantitative estimate of drug-likeness (QED) is 0.618. The number of hydrogen-bond acceptors (Lipinski definition) is 7. The van der Waals surface area contributed by atoms with Crippen LogP contribution in [-0.2, 0) is 4.74 Å². The van der Waals surface area contributed by atoms with Gasteiger partial charge in [-0.2, -0.15) is 0 Å². The molecule has 25 heavy (non-hydrogen) atoms. The van der Waals surface area contributed by atoms with Crippen molar-refractivity contribution in [2.75, 3.05) is 64.4 Å². The Balaban J connectivity index is 1.81. The zero-order chi connectivity index (χ0) is 17.8.